The van der Waals surface area contributed by atoms with Gasteiger partial charge in [-0.3, -0.25) is 9.59 Å². The molecular weight excluding hydrogens is 198 g/mol. The normalized spacial score (nSPS) is 13.8. The number of carbonyl (C=O) groups is 2. The smallest absolute Gasteiger partial charge is 0.359 e. The number of carbonyl (C=O) groups excluding carboxylic acids is 2. The number of Topliss-reactive ketones (excluding diaryl/α,β-unsaturated/α-hetero) is 1. The summed E-state index contributed by atoms with van der Waals surface area (Å²) in [7, 11) is 0. The fraction of sp³-hybridized carbons (Fsp3) is 0.300. The fourth-order valence-corrected chi connectivity index (χ4v) is 1.57. The molecule has 0 aliphatic heterocycles. The van der Waals surface area contributed by atoms with Crippen molar-refractivity contribution in [2.24, 2.45) is 0 Å². The maximum absolute atomic E-state index is 11.3. The van der Waals surface area contributed by atoms with E-state index in [2.05, 4.69) is 5.32 Å². The zero-order valence-electron chi connectivity index (χ0n) is 8.12. The molecule has 5 heteroatoms. The quantitative estimate of drug-likeness (QED) is 0.736. The van der Waals surface area contributed by atoms with Gasteiger partial charge in [-0.25, -0.2) is 4.79 Å². The van der Waals surface area contributed by atoms with E-state index in [9.17, 15) is 14.4 Å². The highest BCUT2D eigenvalue weighted by Gasteiger charge is 2.23. The van der Waals surface area contributed by atoms with Crippen LogP contribution in [0.4, 0.5) is 5.69 Å². The summed E-state index contributed by atoms with van der Waals surface area (Å²) in [4.78, 5) is 33.4. The number of hydrogen-bond acceptors (Lipinski definition) is 4. The lowest BCUT2D eigenvalue weighted by Crippen LogP contribution is -2.15. The van der Waals surface area contributed by atoms with Crippen LogP contribution in [0, 0.1) is 0 Å². The second-order valence-corrected chi connectivity index (χ2v) is 3.39. The summed E-state index contributed by atoms with van der Waals surface area (Å²) < 4.78 is 4.93. The molecule has 5 nitrogen and oxygen atoms in total. The maximum Gasteiger partial charge on any atom is 0.359 e. The minimum atomic E-state index is -0.612. The third kappa shape index (κ3) is 1.68. The fourth-order valence-electron chi connectivity index (χ4n) is 1.57. The molecule has 0 unspecified atom stereocenters. The summed E-state index contributed by atoms with van der Waals surface area (Å²) >= 11 is 0. The van der Waals surface area contributed by atoms with Crippen LogP contribution in [0.25, 0.3) is 0 Å². The Morgan fingerprint density at radius 1 is 1.40 bits per heavy atom. The van der Waals surface area contributed by atoms with Gasteiger partial charge in [-0.1, -0.05) is 0 Å². The van der Waals surface area contributed by atoms with Gasteiger partial charge in [-0.2, -0.15) is 0 Å². The van der Waals surface area contributed by atoms with Gasteiger partial charge in [0.1, 0.15) is 11.4 Å². The van der Waals surface area contributed by atoms with Crippen molar-refractivity contribution < 1.29 is 14.0 Å². The lowest BCUT2D eigenvalue weighted by atomic mass is 10.2. The number of nitrogens with one attached hydrogen (secondary N) is 1. The summed E-state index contributed by atoms with van der Waals surface area (Å²) in [6.07, 6.45) is 0.825. The van der Waals surface area contributed by atoms with E-state index >= 15 is 0 Å². The molecule has 0 fully saturated rings. The molecule has 1 aliphatic carbocycles. The number of anilines is 1. The highest BCUT2D eigenvalue weighted by Crippen LogP contribution is 2.22. The molecule has 1 amide bonds. The molecule has 0 bridgehead atoms. The molecular formula is C10H9NO4. The summed E-state index contributed by atoms with van der Waals surface area (Å²) in [5.41, 5.74) is -0.187. The second-order valence-electron chi connectivity index (χ2n) is 3.39. The van der Waals surface area contributed by atoms with Gasteiger partial charge in [0.05, 0.1) is 5.56 Å². The third-order valence-corrected chi connectivity index (χ3v) is 2.22. The standard InChI is InChI=1S/C10H9NO4/c1-5(12)11-7-4-6-8(13)2-3-9(6)15-10(7)14/h4H,2-3H2,1H3,(H,11,12). The Labute approximate surface area is 85.1 Å². The number of ketones is 1. The first-order valence-electron chi connectivity index (χ1n) is 4.56. The minimum Gasteiger partial charge on any atom is -0.426 e. The lowest BCUT2D eigenvalue weighted by molar-refractivity contribution is -0.114. The van der Waals surface area contributed by atoms with Crippen LogP contribution >= 0.6 is 0 Å². The van der Waals surface area contributed by atoms with Crippen molar-refractivity contribution in [2.75, 3.05) is 5.32 Å². The average molecular weight is 207 g/mol. The summed E-state index contributed by atoms with van der Waals surface area (Å²) in [5, 5.41) is 2.33. The van der Waals surface area contributed by atoms with Crippen LogP contribution in [-0.2, 0) is 11.2 Å². The van der Waals surface area contributed by atoms with Crippen molar-refractivity contribution in [2.45, 2.75) is 19.8 Å². The highest BCUT2D eigenvalue weighted by molar-refractivity contribution is 6.01. The molecule has 0 saturated heterocycles. The van der Waals surface area contributed by atoms with Crippen molar-refractivity contribution in [3.8, 4) is 0 Å². The van der Waals surface area contributed by atoms with E-state index < -0.39 is 5.63 Å². The first-order valence-corrected chi connectivity index (χ1v) is 4.56. The van der Waals surface area contributed by atoms with E-state index in [1.165, 1.54) is 13.0 Å². The molecule has 0 spiro atoms. The molecule has 0 saturated carbocycles. The zero-order chi connectivity index (χ0) is 11.0. The number of aryl methyl sites for hydroxylation is 1. The molecule has 1 aromatic heterocycles. The van der Waals surface area contributed by atoms with Crippen LogP contribution in [0.3, 0.4) is 0 Å². The van der Waals surface area contributed by atoms with Gasteiger partial charge < -0.3 is 9.73 Å². The van der Waals surface area contributed by atoms with E-state index in [4.69, 9.17) is 4.42 Å². The molecule has 1 aromatic rings. The number of amides is 1. The summed E-state index contributed by atoms with van der Waals surface area (Å²) in [5.74, 6) is -0.00727. The Morgan fingerprint density at radius 3 is 2.80 bits per heavy atom. The molecule has 0 aromatic carbocycles. The summed E-state index contributed by atoms with van der Waals surface area (Å²) in [6.45, 7) is 1.29. The van der Waals surface area contributed by atoms with Crippen LogP contribution < -0.4 is 10.9 Å². The molecule has 78 valence electrons. The van der Waals surface area contributed by atoms with E-state index in [1.807, 2.05) is 0 Å². The molecule has 2 rings (SSSR count). The number of hydrogen-bond donors (Lipinski definition) is 1. The third-order valence-electron chi connectivity index (χ3n) is 2.22. The van der Waals surface area contributed by atoms with Gasteiger partial charge in [-0.05, 0) is 6.07 Å². The van der Waals surface area contributed by atoms with Crippen LogP contribution in [-0.4, -0.2) is 11.7 Å². The SMILES string of the molecule is CC(=O)Nc1cc2c(oc1=O)CCC2=O. The first kappa shape index (κ1) is 9.64. The van der Waals surface area contributed by atoms with Gasteiger partial charge in [0.15, 0.2) is 5.78 Å². The Kier molecular flexibility index (Phi) is 2.15. The zero-order valence-corrected chi connectivity index (χ0v) is 8.12. The maximum atomic E-state index is 11.3. The Bertz CT molecular complexity index is 501. The van der Waals surface area contributed by atoms with Gasteiger partial charge in [-0.15, -0.1) is 0 Å². The van der Waals surface area contributed by atoms with E-state index in [-0.39, 0.29) is 17.4 Å². The molecule has 0 atom stereocenters. The summed E-state index contributed by atoms with van der Waals surface area (Å²) in [6, 6.07) is 1.39. The molecule has 15 heavy (non-hydrogen) atoms. The molecule has 1 aliphatic rings. The second kappa shape index (κ2) is 3.34. The van der Waals surface area contributed by atoms with Crippen molar-refractivity contribution in [1.29, 1.82) is 0 Å². The Balaban J connectivity index is 2.50. The average Bonchev–Trinajstić information content (AvgIpc) is 2.48. The first-order chi connectivity index (χ1) is 7.08. The topological polar surface area (TPSA) is 76.4 Å². The van der Waals surface area contributed by atoms with Gasteiger partial charge in [0.25, 0.3) is 0 Å². The van der Waals surface area contributed by atoms with Crippen molar-refractivity contribution in [3.63, 3.8) is 0 Å². The van der Waals surface area contributed by atoms with Crippen LogP contribution in [0.5, 0.6) is 0 Å². The van der Waals surface area contributed by atoms with Crippen molar-refractivity contribution in [1.82, 2.24) is 0 Å². The predicted octanol–water partition coefficient (Wildman–Crippen LogP) is 0.727. The number of rotatable bonds is 1. The molecule has 1 heterocycles. The van der Waals surface area contributed by atoms with Crippen molar-refractivity contribution >= 4 is 17.4 Å². The Morgan fingerprint density at radius 2 is 2.13 bits per heavy atom. The van der Waals surface area contributed by atoms with E-state index in [0.717, 1.165) is 0 Å². The molecule has 0 radical (unpaired) electrons. The lowest BCUT2D eigenvalue weighted by Gasteiger charge is -2.01. The van der Waals surface area contributed by atoms with Crippen LogP contribution in [0.15, 0.2) is 15.3 Å². The van der Waals surface area contributed by atoms with Crippen molar-refractivity contribution in [3.05, 3.63) is 27.8 Å². The van der Waals surface area contributed by atoms with Gasteiger partial charge >= 0.3 is 5.63 Å². The monoisotopic (exact) mass is 207 g/mol. The highest BCUT2D eigenvalue weighted by atomic mass is 16.4. The predicted molar refractivity (Wildman–Crippen MR) is 51.9 cm³/mol. The van der Waals surface area contributed by atoms with Gasteiger partial charge in [0, 0.05) is 19.8 Å². The Hall–Kier alpha value is -1.91. The van der Waals surface area contributed by atoms with Crippen LogP contribution in [0.2, 0.25) is 0 Å². The van der Waals surface area contributed by atoms with Gasteiger partial charge in [0.2, 0.25) is 5.91 Å². The number of fused-ring (bicyclic) bond motifs is 1. The minimum absolute atomic E-state index is 0.0245. The van der Waals surface area contributed by atoms with Crippen LogP contribution in [0.1, 0.15) is 29.5 Å². The van der Waals surface area contributed by atoms with E-state index in [0.29, 0.717) is 24.2 Å². The van der Waals surface area contributed by atoms with E-state index in [1.54, 1.807) is 0 Å². The largest absolute Gasteiger partial charge is 0.426 e. The molecule has 1 N–H and O–H groups in total.